The lowest BCUT2D eigenvalue weighted by Gasteiger charge is -2.06. The summed E-state index contributed by atoms with van der Waals surface area (Å²) in [6.45, 7) is 5.04. The third kappa shape index (κ3) is 2.34. The van der Waals surface area contributed by atoms with Gasteiger partial charge in [0, 0.05) is 17.6 Å². The predicted octanol–water partition coefficient (Wildman–Crippen LogP) is 3.14. The number of nitrogens with zero attached hydrogens (tertiary/aromatic N) is 4. The van der Waals surface area contributed by atoms with E-state index in [1.807, 2.05) is 6.07 Å². The van der Waals surface area contributed by atoms with Crippen molar-refractivity contribution in [2.24, 2.45) is 0 Å². The molecule has 1 N–H and O–H groups in total. The van der Waals surface area contributed by atoms with Gasteiger partial charge in [-0.2, -0.15) is 0 Å². The largest absolute Gasteiger partial charge is 0.370 e. The highest BCUT2D eigenvalue weighted by Crippen LogP contribution is 2.31. The fraction of sp³-hybridized carbons (Fsp3) is 0.286. The van der Waals surface area contributed by atoms with Gasteiger partial charge in [0.1, 0.15) is 22.7 Å². The van der Waals surface area contributed by atoms with E-state index >= 15 is 0 Å². The minimum absolute atomic E-state index is 0.639. The SMILES string of the molecule is CCNc1nc(-c2ccncn2)nc2sc(CC)cc12. The Hall–Kier alpha value is -2.08. The Balaban J connectivity index is 2.19. The van der Waals surface area contributed by atoms with Crippen LogP contribution in [-0.4, -0.2) is 26.5 Å². The van der Waals surface area contributed by atoms with E-state index in [9.17, 15) is 0 Å². The van der Waals surface area contributed by atoms with Crippen molar-refractivity contribution in [2.75, 3.05) is 11.9 Å². The van der Waals surface area contributed by atoms with E-state index in [1.165, 1.54) is 11.2 Å². The number of nitrogens with one attached hydrogen (secondary N) is 1. The topological polar surface area (TPSA) is 63.6 Å². The summed E-state index contributed by atoms with van der Waals surface area (Å²) >= 11 is 1.71. The first kappa shape index (κ1) is 12.9. The molecule has 0 aliphatic carbocycles. The molecule has 0 aliphatic rings. The van der Waals surface area contributed by atoms with Gasteiger partial charge in [-0.15, -0.1) is 11.3 Å². The molecule has 3 aromatic rings. The van der Waals surface area contributed by atoms with E-state index in [4.69, 9.17) is 0 Å². The Morgan fingerprint density at radius 1 is 1.25 bits per heavy atom. The Labute approximate surface area is 121 Å². The quantitative estimate of drug-likeness (QED) is 0.798. The van der Waals surface area contributed by atoms with E-state index in [0.29, 0.717) is 5.82 Å². The molecule has 20 heavy (non-hydrogen) atoms. The molecule has 0 amide bonds. The lowest BCUT2D eigenvalue weighted by atomic mass is 10.3. The van der Waals surface area contributed by atoms with Crippen LogP contribution in [0.3, 0.4) is 0 Å². The predicted molar refractivity (Wildman–Crippen MR) is 82.0 cm³/mol. The first-order chi connectivity index (χ1) is 9.81. The summed E-state index contributed by atoms with van der Waals surface area (Å²) in [4.78, 5) is 19.7. The number of thiophene rings is 1. The number of hydrogen-bond acceptors (Lipinski definition) is 6. The third-order valence-corrected chi connectivity index (χ3v) is 4.12. The summed E-state index contributed by atoms with van der Waals surface area (Å²) in [5.41, 5.74) is 0.743. The monoisotopic (exact) mass is 285 g/mol. The Kier molecular flexibility index (Phi) is 3.56. The van der Waals surface area contributed by atoms with Crippen LogP contribution in [0.15, 0.2) is 24.7 Å². The molecule has 0 unspecified atom stereocenters. The smallest absolute Gasteiger partial charge is 0.181 e. The molecule has 102 valence electrons. The molecule has 0 saturated heterocycles. The second-order valence-corrected chi connectivity index (χ2v) is 5.42. The first-order valence-corrected chi connectivity index (χ1v) is 7.44. The van der Waals surface area contributed by atoms with Crippen molar-refractivity contribution in [3.8, 4) is 11.5 Å². The molecule has 0 bridgehead atoms. The molecule has 3 heterocycles. The van der Waals surface area contributed by atoms with Crippen LogP contribution in [-0.2, 0) is 6.42 Å². The molecule has 0 spiro atoms. The van der Waals surface area contributed by atoms with E-state index in [-0.39, 0.29) is 0 Å². The highest BCUT2D eigenvalue weighted by Gasteiger charge is 2.12. The molecule has 3 aromatic heterocycles. The summed E-state index contributed by atoms with van der Waals surface area (Å²) in [5, 5.41) is 4.40. The molecule has 6 heteroatoms. The molecule has 0 aliphatic heterocycles. The number of anilines is 1. The third-order valence-electron chi connectivity index (χ3n) is 2.95. The van der Waals surface area contributed by atoms with Crippen molar-refractivity contribution >= 4 is 27.4 Å². The van der Waals surface area contributed by atoms with Crippen LogP contribution in [0.2, 0.25) is 0 Å². The molecule has 0 atom stereocenters. The summed E-state index contributed by atoms with van der Waals surface area (Å²) in [6, 6.07) is 3.99. The van der Waals surface area contributed by atoms with Gasteiger partial charge in [0.2, 0.25) is 0 Å². The Morgan fingerprint density at radius 3 is 2.85 bits per heavy atom. The van der Waals surface area contributed by atoms with E-state index < -0.39 is 0 Å². The van der Waals surface area contributed by atoms with E-state index in [2.05, 4.69) is 45.2 Å². The van der Waals surface area contributed by atoms with Gasteiger partial charge < -0.3 is 5.32 Å². The maximum absolute atomic E-state index is 4.63. The van der Waals surface area contributed by atoms with Crippen molar-refractivity contribution in [3.05, 3.63) is 29.5 Å². The first-order valence-electron chi connectivity index (χ1n) is 6.62. The maximum Gasteiger partial charge on any atom is 0.181 e. The zero-order chi connectivity index (χ0) is 13.9. The van der Waals surface area contributed by atoms with E-state index in [1.54, 1.807) is 17.5 Å². The normalized spacial score (nSPS) is 10.9. The van der Waals surface area contributed by atoms with Crippen molar-refractivity contribution in [3.63, 3.8) is 0 Å². The standard InChI is InChI=1S/C14H15N5S/c1-3-9-7-10-12(16-4-2)18-13(19-14(10)20-9)11-5-6-15-8-17-11/h5-8H,3-4H2,1-2H3,(H,16,18,19). The Morgan fingerprint density at radius 2 is 2.15 bits per heavy atom. The lowest BCUT2D eigenvalue weighted by Crippen LogP contribution is -2.02. The van der Waals surface area contributed by atoms with Crippen LogP contribution in [0.5, 0.6) is 0 Å². The van der Waals surface area contributed by atoms with Crippen molar-refractivity contribution in [1.82, 2.24) is 19.9 Å². The highest BCUT2D eigenvalue weighted by atomic mass is 32.1. The van der Waals surface area contributed by atoms with Gasteiger partial charge in [-0.3, -0.25) is 0 Å². The average Bonchev–Trinajstić information content (AvgIpc) is 2.92. The minimum atomic E-state index is 0.639. The fourth-order valence-electron chi connectivity index (χ4n) is 1.99. The van der Waals surface area contributed by atoms with Gasteiger partial charge in [-0.25, -0.2) is 19.9 Å². The molecule has 0 fully saturated rings. The summed E-state index contributed by atoms with van der Waals surface area (Å²) in [5.74, 6) is 1.52. The van der Waals surface area contributed by atoms with Crippen molar-refractivity contribution in [1.29, 1.82) is 0 Å². The second kappa shape index (κ2) is 5.50. The number of rotatable bonds is 4. The van der Waals surface area contributed by atoms with Gasteiger partial charge in [0.15, 0.2) is 5.82 Å². The number of hydrogen-bond donors (Lipinski definition) is 1. The van der Waals surface area contributed by atoms with Crippen LogP contribution in [0.25, 0.3) is 21.7 Å². The highest BCUT2D eigenvalue weighted by molar-refractivity contribution is 7.18. The van der Waals surface area contributed by atoms with Crippen LogP contribution in [0.4, 0.5) is 5.82 Å². The van der Waals surface area contributed by atoms with Crippen LogP contribution in [0.1, 0.15) is 18.7 Å². The molecule has 5 nitrogen and oxygen atoms in total. The summed E-state index contributed by atoms with van der Waals surface area (Å²) in [6.07, 6.45) is 4.23. The van der Waals surface area contributed by atoms with Crippen LogP contribution in [0, 0.1) is 0 Å². The summed E-state index contributed by atoms with van der Waals surface area (Å²) < 4.78 is 0. The molecule has 0 aromatic carbocycles. The zero-order valence-electron chi connectivity index (χ0n) is 11.4. The number of aromatic nitrogens is 4. The lowest BCUT2D eigenvalue weighted by molar-refractivity contribution is 1.11. The fourth-order valence-corrected chi connectivity index (χ4v) is 2.95. The van der Waals surface area contributed by atoms with Gasteiger partial charge in [0.05, 0.1) is 5.39 Å². The molecule has 0 radical (unpaired) electrons. The van der Waals surface area contributed by atoms with Crippen molar-refractivity contribution in [2.45, 2.75) is 20.3 Å². The maximum atomic E-state index is 4.63. The second-order valence-electron chi connectivity index (χ2n) is 4.31. The van der Waals surface area contributed by atoms with Gasteiger partial charge in [-0.05, 0) is 25.5 Å². The van der Waals surface area contributed by atoms with Gasteiger partial charge in [0.25, 0.3) is 0 Å². The van der Waals surface area contributed by atoms with Gasteiger partial charge in [-0.1, -0.05) is 6.92 Å². The molecular formula is C14H15N5S. The van der Waals surface area contributed by atoms with Gasteiger partial charge >= 0.3 is 0 Å². The summed E-state index contributed by atoms with van der Waals surface area (Å²) in [7, 11) is 0. The zero-order valence-corrected chi connectivity index (χ0v) is 12.2. The number of fused-ring (bicyclic) bond motifs is 1. The molecule has 0 saturated carbocycles. The Bertz CT molecular complexity index is 723. The minimum Gasteiger partial charge on any atom is -0.370 e. The van der Waals surface area contributed by atoms with Crippen molar-refractivity contribution < 1.29 is 0 Å². The molecular weight excluding hydrogens is 270 g/mol. The van der Waals surface area contributed by atoms with Crippen LogP contribution >= 0.6 is 11.3 Å². The van der Waals surface area contributed by atoms with E-state index in [0.717, 1.165) is 34.7 Å². The number of aryl methyl sites for hydroxylation is 1. The average molecular weight is 285 g/mol. The molecule has 3 rings (SSSR count). The van der Waals surface area contributed by atoms with Crippen LogP contribution < -0.4 is 5.32 Å².